The lowest BCUT2D eigenvalue weighted by Gasteiger charge is -2.03. The molecule has 0 spiro atoms. The predicted molar refractivity (Wildman–Crippen MR) is 102 cm³/mol. The monoisotopic (exact) mass is 401 g/mol. The van der Waals surface area contributed by atoms with Gasteiger partial charge in [0.15, 0.2) is 5.01 Å². The fourth-order valence-corrected chi connectivity index (χ4v) is 3.88. The summed E-state index contributed by atoms with van der Waals surface area (Å²) >= 11 is 2.42. The maximum absolute atomic E-state index is 13.2. The summed E-state index contributed by atoms with van der Waals surface area (Å²) < 4.78 is 13.2. The van der Waals surface area contributed by atoms with Crippen molar-refractivity contribution in [2.75, 3.05) is 5.32 Å². The first-order valence-electron chi connectivity index (χ1n) is 7.81. The molecule has 0 unspecified atom stereocenters. The number of aromatic amines is 1. The van der Waals surface area contributed by atoms with E-state index in [2.05, 4.69) is 25.8 Å². The van der Waals surface area contributed by atoms with Crippen molar-refractivity contribution in [3.05, 3.63) is 63.2 Å². The van der Waals surface area contributed by atoms with E-state index < -0.39 is 0 Å². The maximum Gasteiger partial charge on any atom is 0.285 e. The molecule has 0 radical (unpaired) electrons. The lowest BCUT2D eigenvalue weighted by molar-refractivity contribution is 0.0954. The quantitative estimate of drug-likeness (QED) is 0.477. The molecule has 27 heavy (non-hydrogen) atoms. The molecule has 0 aliphatic rings. The number of nitrogens with zero attached hydrogens (tertiary/aromatic N) is 2. The van der Waals surface area contributed by atoms with E-state index >= 15 is 0 Å². The number of anilines is 1. The number of thiazole rings is 1. The van der Waals surface area contributed by atoms with E-state index in [1.807, 2.05) is 0 Å². The third-order valence-electron chi connectivity index (χ3n) is 3.68. The Bertz CT molecular complexity index is 1120. The first-order chi connectivity index (χ1) is 13.1. The number of rotatable bonds is 5. The molecule has 10 heteroatoms. The van der Waals surface area contributed by atoms with E-state index in [-0.39, 0.29) is 24.2 Å². The van der Waals surface area contributed by atoms with Gasteiger partial charge in [0.05, 0.1) is 10.3 Å². The van der Waals surface area contributed by atoms with Gasteiger partial charge in [-0.3, -0.25) is 14.7 Å². The third kappa shape index (κ3) is 3.71. The Morgan fingerprint density at radius 1 is 1.22 bits per heavy atom. The van der Waals surface area contributed by atoms with Crippen molar-refractivity contribution in [1.82, 2.24) is 20.5 Å². The van der Waals surface area contributed by atoms with Crippen LogP contribution in [0, 0.1) is 5.82 Å². The Kier molecular flexibility index (Phi) is 4.65. The molecule has 136 valence electrons. The molecule has 7 nitrogen and oxygen atoms in total. The number of halogens is 1. The van der Waals surface area contributed by atoms with Gasteiger partial charge in [0.2, 0.25) is 0 Å². The van der Waals surface area contributed by atoms with Crippen molar-refractivity contribution >= 4 is 50.5 Å². The number of benzene rings is 1. The first kappa shape index (κ1) is 17.3. The highest BCUT2D eigenvalue weighted by atomic mass is 32.1. The van der Waals surface area contributed by atoms with Crippen molar-refractivity contribution in [3.63, 3.8) is 0 Å². The molecule has 0 aliphatic heterocycles. The average Bonchev–Trinajstić information content (AvgIpc) is 3.38. The molecule has 0 fully saturated rings. The van der Waals surface area contributed by atoms with Crippen LogP contribution >= 0.6 is 22.7 Å². The van der Waals surface area contributed by atoms with Crippen molar-refractivity contribution in [2.45, 2.75) is 6.54 Å². The van der Waals surface area contributed by atoms with Crippen LogP contribution in [0.25, 0.3) is 10.2 Å². The van der Waals surface area contributed by atoms with Gasteiger partial charge in [0.25, 0.3) is 11.8 Å². The van der Waals surface area contributed by atoms with Crippen LogP contribution < -0.4 is 10.6 Å². The molecule has 1 aromatic carbocycles. The van der Waals surface area contributed by atoms with E-state index in [4.69, 9.17) is 0 Å². The zero-order valence-electron chi connectivity index (χ0n) is 13.7. The second-order valence-corrected chi connectivity index (χ2v) is 7.46. The van der Waals surface area contributed by atoms with Gasteiger partial charge in [-0.1, -0.05) is 12.1 Å². The Hall–Kier alpha value is -3.11. The number of aromatic nitrogens is 3. The number of nitrogens with one attached hydrogen (secondary N) is 3. The van der Waals surface area contributed by atoms with Crippen LogP contribution in [0.4, 0.5) is 10.2 Å². The normalized spacial score (nSPS) is 10.9. The number of amides is 2. The van der Waals surface area contributed by atoms with Gasteiger partial charge < -0.3 is 10.6 Å². The molecular weight excluding hydrogens is 389 g/mol. The van der Waals surface area contributed by atoms with Gasteiger partial charge in [-0.05, 0) is 23.8 Å². The van der Waals surface area contributed by atoms with Crippen molar-refractivity contribution in [1.29, 1.82) is 0 Å². The number of fused-ring (bicyclic) bond motifs is 1. The Balaban J connectivity index is 1.47. The summed E-state index contributed by atoms with van der Waals surface area (Å²) in [5, 5.41) is 15.0. The molecule has 0 bridgehead atoms. The smallest absolute Gasteiger partial charge is 0.285 e. The molecule has 0 saturated carbocycles. The fraction of sp³-hybridized carbons (Fsp3) is 0.0588. The standard InChI is InChI=1S/C17H12FN5O2S2/c18-10-3-1-2-9(6-10)8-20-14(24)12-7-11-13(22-23-16(11)27-12)21-15(25)17-19-4-5-26-17/h1-7H,8H2,(H,20,24)(H2,21,22,23,25). The van der Waals surface area contributed by atoms with E-state index in [1.54, 1.807) is 29.8 Å². The zero-order chi connectivity index (χ0) is 18.8. The second kappa shape index (κ2) is 7.25. The molecule has 2 amide bonds. The fourth-order valence-electron chi connectivity index (χ4n) is 2.44. The first-order valence-corrected chi connectivity index (χ1v) is 9.51. The summed E-state index contributed by atoms with van der Waals surface area (Å²) in [5.41, 5.74) is 0.668. The highest BCUT2D eigenvalue weighted by molar-refractivity contribution is 7.20. The number of carbonyl (C=O) groups is 2. The number of carbonyl (C=O) groups excluding carboxylic acids is 2. The Morgan fingerprint density at radius 2 is 2.11 bits per heavy atom. The van der Waals surface area contributed by atoms with Crippen LogP contribution in [-0.4, -0.2) is 27.0 Å². The van der Waals surface area contributed by atoms with Crippen molar-refractivity contribution in [2.24, 2.45) is 0 Å². The summed E-state index contributed by atoms with van der Waals surface area (Å²) in [4.78, 5) is 29.5. The summed E-state index contributed by atoms with van der Waals surface area (Å²) in [5.74, 6) is -0.583. The number of hydrogen-bond donors (Lipinski definition) is 3. The van der Waals surface area contributed by atoms with Crippen LogP contribution in [0.1, 0.15) is 25.0 Å². The summed E-state index contributed by atoms with van der Waals surface area (Å²) in [7, 11) is 0. The predicted octanol–water partition coefficient (Wildman–Crippen LogP) is 3.40. The van der Waals surface area contributed by atoms with Crippen LogP contribution in [0.2, 0.25) is 0 Å². The van der Waals surface area contributed by atoms with E-state index in [0.717, 1.165) is 0 Å². The second-order valence-electron chi connectivity index (χ2n) is 5.53. The molecule has 3 heterocycles. The van der Waals surface area contributed by atoms with E-state index in [0.29, 0.717) is 31.5 Å². The van der Waals surface area contributed by atoms with Gasteiger partial charge in [0.1, 0.15) is 16.5 Å². The largest absolute Gasteiger partial charge is 0.347 e. The number of thiophene rings is 1. The van der Waals surface area contributed by atoms with Gasteiger partial charge in [-0.2, -0.15) is 5.10 Å². The zero-order valence-corrected chi connectivity index (χ0v) is 15.3. The van der Waals surface area contributed by atoms with E-state index in [9.17, 15) is 14.0 Å². The molecule has 4 aromatic rings. The highest BCUT2D eigenvalue weighted by Crippen LogP contribution is 2.29. The van der Waals surface area contributed by atoms with Gasteiger partial charge >= 0.3 is 0 Å². The van der Waals surface area contributed by atoms with Crippen LogP contribution in [-0.2, 0) is 6.54 Å². The van der Waals surface area contributed by atoms with Gasteiger partial charge in [0, 0.05) is 18.1 Å². The Labute approximate surface area is 160 Å². The van der Waals surface area contributed by atoms with Crippen LogP contribution in [0.5, 0.6) is 0 Å². The summed E-state index contributed by atoms with van der Waals surface area (Å²) in [6.45, 7) is 0.214. The minimum atomic E-state index is -0.350. The molecule has 3 N–H and O–H groups in total. The Morgan fingerprint density at radius 3 is 2.89 bits per heavy atom. The van der Waals surface area contributed by atoms with Gasteiger partial charge in [-0.15, -0.1) is 22.7 Å². The molecule has 4 rings (SSSR count). The molecule has 0 saturated heterocycles. The molecular formula is C17H12FN5O2S2. The van der Waals surface area contributed by atoms with E-state index in [1.165, 1.54) is 34.8 Å². The van der Waals surface area contributed by atoms with Crippen molar-refractivity contribution < 1.29 is 14.0 Å². The topological polar surface area (TPSA) is 99.8 Å². The summed E-state index contributed by atoms with van der Waals surface area (Å²) in [6, 6.07) is 7.70. The van der Waals surface area contributed by atoms with Crippen LogP contribution in [0.3, 0.4) is 0 Å². The average molecular weight is 401 g/mol. The summed E-state index contributed by atoms with van der Waals surface area (Å²) in [6.07, 6.45) is 1.55. The number of hydrogen-bond acceptors (Lipinski definition) is 6. The highest BCUT2D eigenvalue weighted by Gasteiger charge is 2.17. The molecule has 0 aliphatic carbocycles. The maximum atomic E-state index is 13.2. The lowest BCUT2D eigenvalue weighted by Crippen LogP contribution is -2.21. The minimum absolute atomic E-state index is 0.214. The minimum Gasteiger partial charge on any atom is -0.347 e. The lowest BCUT2D eigenvalue weighted by atomic mass is 10.2. The number of H-pyrrole nitrogens is 1. The molecule has 3 aromatic heterocycles. The van der Waals surface area contributed by atoms with Crippen molar-refractivity contribution in [3.8, 4) is 0 Å². The SMILES string of the molecule is O=C(NCc1cccc(F)c1)c1cc2c(NC(=O)c3nccs3)[nH]nc2s1. The van der Waals surface area contributed by atoms with Gasteiger partial charge in [-0.25, -0.2) is 9.37 Å². The molecule has 0 atom stereocenters. The van der Waals surface area contributed by atoms with Crippen LogP contribution in [0.15, 0.2) is 41.9 Å². The third-order valence-corrected chi connectivity index (χ3v) is 5.48.